The highest BCUT2D eigenvalue weighted by Crippen LogP contribution is 2.35. The van der Waals surface area contributed by atoms with Crippen LogP contribution in [0.15, 0.2) is 70.5 Å². The highest BCUT2D eigenvalue weighted by molar-refractivity contribution is 7.99. The molecule has 3 aromatic rings. The van der Waals surface area contributed by atoms with Crippen LogP contribution < -0.4 is 14.9 Å². The number of carbonyl (C=O) groups excluding carboxylic acids is 1. The first-order valence-electron chi connectivity index (χ1n) is 10.2. The van der Waals surface area contributed by atoms with E-state index in [1.165, 1.54) is 23.9 Å². The highest BCUT2D eigenvalue weighted by atomic mass is 32.2. The van der Waals surface area contributed by atoms with Crippen molar-refractivity contribution in [3.8, 4) is 17.2 Å². The van der Waals surface area contributed by atoms with E-state index in [4.69, 9.17) is 14.2 Å². The Hall–Kier alpha value is -3.07. The summed E-state index contributed by atoms with van der Waals surface area (Å²) in [7, 11) is 1.89. The lowest BCUT2D eigenvalue weighted by molar-refractivity contribution is -0.145. The van der Waals surface area contributed by atoms with Gasteiger partial charge in [0.15, 0.2) is 6.61 Å². The van der Waals surface area contributed by atoms with Crippen molar-refractivity contribution < 1.29 is 32.2 Å². The number of aryl methyl sites for hydroxylation is 1. The van der Waals surface area contributed by atoms with Gasteiger partial charge in [0.25, 0.3) is 0 Å². The van der Waals surface area contributed by atoms with Gasteiger partial charge in [0.1, 0.15) is 25.1 Å². The summed E-state index contributed by atoms with van der Waals surface area (Å²) in [5, 5.41) is 0. The van der Waals surface area contributed by atoms with Crippen LogP contribution in [0.5, 0.6) is 17.2 Å². The molecule has 3 aromatic carbocycles. The fourth-order valence-electron chi connectivity index (χ4n) is 3.03. The molecule has 33 heavy (non-hydrogen) atoms. The molecule has 0 aliphatic heterocycles. The van der Waals surface area contributed by atoms with Crippen molar-refractivity contribution in [1.29, 1.82) is 0 Å². The number of ether oxygens (including phenoxy) is 3. The normalized spacial score (nSPS) is 11.2. The summed E-state index contributed by atoms with van der Waals surface area (Å²) in [5.41, 5.74) is 1.01. The molecular weight excluding hydrogens is 452 g/mol. The number of esters is 1. The van der Waals surface area contributed by atoms with E-state index in [9.17, 15) is 18.0 Å². The fourth-order valence-corrected chi connectivity index (χ4v) is 4.09. The summed E-state index contributed by atoms with van der Waals surface area (Å²) in [6.45, 7) is 3.75. The summed E-state index contributed by atoms with van der Waals surface area (Å²) < 4.78 is 55.0. The third-order valence-electron chi connectivity index (χ3n) is 4.45. The Balaban J connectivity index is 1.72. The molecule has 172 valence electrons. The van der Waals surface area contributed by atoms with Crippen LogP contribution in [0.25, 0.3) is 0 Å². The van der Waals surface area contributed by atoms with Crippen LogP contribution >= 0.6 is 11.8 Å². The van der Waals surface area contributed by atoms with Crippen LogP contribution in [0, 0.1) is 6.92 Å². The molecule has 0 saturated carbocycles. The van der Waals surface area contributed by atoms with Gasteiger partial charge in [-0.1, -0.05) is 29.4 Å². The van der Waals surface area contributed by atoms with E-state index in [1.807, 2.05) is 33.0 Å². The van der Waals surface area contributed by atoms with Gasteiger partial charge in [0, 0.05) is 9.79 Å². The van der Waals surface area contributed by atoms with E-state index < -0.39 is 17.7 Å². The molecule has 0 unspecified atom stereocenters. The number of alkyl halides is 3. The van der Waals surface area contributed by atoms with Crippen LogP contribution in [0.2, 0.25) is 0 Å². The molecule has 0 fully saturated rings. The SMILES string of the molecule is Bc1cc(Oc2cccc(C(F)(F)F)c2)cc(Sc2ccc(OCC(=O)OCC)c(C)c2)c1. The van der Waals surface area contributed by atoms with Crippen LogP contribution in [0.4, 0.5) is 13.2 Å². The Bertz CT molecular complexity index is 1130. The molecule has 3 rings (SSSR count). The minimum Gasteiger partial charge on any atom is -0.482 e. The Morgan fingerprint density at radius 2 is 1.79 bits per heavy atom. The van der Waals surface area contributed by atoms with Crippen LogP contribution in [-0.2, 0) is 15.7 Å². The molecule has 0 aliphatic rings. The van der Waals surface area contributed by atoms with Gasteiger partial charge in [-0.25, -0.2) is 4.79 Å². The van der Waals surface area contributed by atoms with Gasteiger partial charge in [-0.15, -0.1) is 0 Å². The summed E-state index contributed by atoms with van der Waals surface area (Å²) in [6, 6.07) is 15.9. The number of hydrogen-bond donors (Lipinski definition) is 0. The average molecular weight is 474 g/mol. The van der Waals surface area contributed by atoms with Crippen LogP contribution in [0.3, 0.4) is 0 Å². The standard InChI is InChI=1S/C24H22BF3O4S/c1-3-30-23(29)14-31-22-8-7-20(9-15(22)2)33-21-12-17(25)11-19(13-21)32-18-6-4-5-16(10-18)24(26,27)28/h4-13H,3,14,25H2,1-2H3. The van der Waals surface area contributed by atoms with E-state index in [2.05, 4.69) is 0 Å². The number of rotatable bonds is 8. The van der Waals surface area contributed by atoms with Crippen molar-refractivity contribution in [3.63, 3.8) is 0 Å². The van der Waals surface area contributed by atoms with Gasteiger partial charge >= 0.3 is 12.1 Å². The Morgan fingerprint density at radius 3 is 2.48 bits per heavy atom. The van der Waals surface area contributed by atoms with Gasteiger partial charge in [0.2, 0.25) is 0 Å². The first-order valence-corrected chi connectivity index (χ1v) is 11.0. The molecule has 0 aliphatic carbocycles. The van der Waals surface area contributed by atoms with Gasteiger partial charge in [0.05, 0.1) is 12.2 Å². The summed E-state index contributed by atoms with van der Waals surface area (Å²) in [4.78, 5) is 13.3. The molecule has 4 nitrogen and oxygen atoms in total. The molecule has 0 radical (unpaired) electrons. The van der Waals surface area contributed by atoms with E-state index in [1.54, 1.807) is 25.1 Å². The zero-order valence-electron chi connectivity index (χ0n) is 18.4. The van der Waals surface area contributed by atoms with Crippen LogP contribution in [0.1, 0.15) is 18.1 Å². The molecule has 0 atom stereocenters. The summed E-state index contributed by atoms with van der Waals surface area (Å²) >= 11 is 1.48. The molecule has 0 bridgehead atoms. The topological polar surface area (TPSA) is 44.8 Å². The summed E-state index contributed by atoms with van der Waals surface area (Å²) in [6.07, 6.45) is -4.43. The van der Waals surface area contributed by atoms with E-state index in [0.717, 1.165) is 32.9 Å². The lowest BCUT2D eigenvalue weighted by atomic mass is 9.96. The zero-order valence-corrected chi connectivity index (χ0v) is 19.2. The molecule has 0 saturated heterocycles. The smallest absolute Gasteiger partial charge is 0.416 e. The van der Waals surface area contributed by atoms with Crippen molar-refractivity contribution in [1.82, 2.24) is 0 Å². The second-order valence-electron chi connectivity index (χ2n) is 7.23. The predicted molar refractivity (Wildman–Crippen MR) is 124 cm³/mol. The van der Waals surface area contributed by atoms with E-state index in [0.29, 0.717) is 18.1 Å². The second kappa shape index (κ2) is 10.7. The monoisotopic (exact) mass is 474 g/mol. The minimum absolute atomic E-state index is 0.116. The molecule has 0 aromatic heterocycles. The van der Waals surface area contributed by atoms with Crippen molar-refractivity contribution in [2.24, 2.45) is 0 Å². The highest BCUT2D eigenvalue weighted by Gasteiger charge is 2.30. The largest absolute Gasteiger partial charge is 0.482 e. The molecule has 0 heterocycles. The number of benzene rings is 3. The maximum absolute atomic E-state index is 13.0. The van der Waals surface area contributed by atoms with Gasteiger partial charge < -0.3 is 14.2 Å². The van der Waals surface area contributed by atoms with Gasteiger partial charge in [-0.3, -0.25) is 0 Å². The average Bonchev–Trinajstić information content (AvgIpc) is 2.72. The predicted octanol–water partition coefficient (Wildman–Crippen LogP) is 5.16. The van der Waals surface area contributed by atoms with Gasteiger partial charge in [-0.2, -0.15) is 13.2 Å². The first kappa shape index (κ1) is 24.6. The fraction of sp³-hybridized carbons (Fsp3) is 0.208. The lowest BCUT2D eigenvalue weighted by Crippen LogP contribution is -2.14. The van der Waals surface area contributed by atoms with Gasteiger partial charge in [-0.05, 0) is 67.9 Å². The number of hydrogen-bond acceptors (Lipinski definition) is 5. The Morgan fingerprint density at radius 1 is 1.00 bits per heavy atom. The molecule has 0 N–H and O–H groups in total. The van der Waals surface area contributed by atoms with E-state index in [-0.39, 0.29) is 12.4 Å². The third-order valence-corrected chi connectivity index (χ3v) is 5.42. The lowest BCUT2D eigenvalue weighted by Gasteiger charge is -2.13. The second-order valence-corrected chi connectivity index (χ2v) is 8.38. The molecule has 0 spiro atoms. The van der Waals surface area contributed by atoms with Crippen molar-refractivity contribution >= 4 is 31.0 Å². The maximum atomic E-state index is 13.0. The van der Waals surface area contributed by atoms with Crippen molar-refractivity contribution in [3.05, 3.63) is 71.8 Å². The number of halogens is 3. The summed E-state index contributed by atoms with van der Waals surface area (Å²) in [5.74, 6) is 0.724. The Labute approximate surface area is 195 Å². The number of carbonyl (C=O) groups is 1. The zero-order chi connectivity index (χ0) is 24.0. The first-order chi connectivity index (χ1) is 15.6. The molecule has 0 amide bonds. The van der Waals surface area contributed by atoms with Crippen molar-refractivity contribution in [2.75, 3.05) is 13.2 Å². The molecule has 9 heteroatoms. The molecular formula is C24H22BF3O4S. The van der Waals surface area contributed by atoms with E-state index >= 15 is 0 Å². The Kier molecular flexibility index (Phi) is 7.97. The van der Waals surface area contributed by atoms with Crippen molar-refractivity contribution in [2.45, 2.75) is 29.8 Å². The quantitative estimate of drug-likeness (QED) is 0.334. The minimum atomic E-state index is -4.43. The maximum Gasteiger partial charge on any atom is 0.416 e. The van der Waals surface area contributed by atoms with Crippen LogP contribution in [-0.4, -0.2) is 27.0 Å². The third kappa shape index (κ3) is 7.22.